The molecule has 0 aliphatic carbocycles. The number of benzene rings is 2. The zero-order valence-electron chi connectivity index (χ0n) is 15.3. The van der Waals surface area contributed by atoms with Crippen LogP contribution in [0.15, 0.2) is 48.5 Å². The number of hydrogen-bond acceptors (Lipinski definition) is 2. The van der Waals surface area contributed by atoms with Crippen molar-refractivity contribution in [2.75, 3.05) is 20.6 Å². The van der Waals surface area contributed by atoms with Crippen LogP contribution in [0, 0.1) is 12.7 Å². The molecule has 0 bridgehead atoms. The lowest BCUT2D eigenvalue weighted by Gasteiger charge is -2.25. The summed E-state index contributed by atoms with van der Waals surface area (Å²) in [5.74, 6) is -0.365. The predicted molar refractivity (Wildman–Crippen MR) is 103 cm³/mol. The van der Waals surface area contributed by atoms with E-state index in [0.29, 0.717) is 6.54 Å². The SMILES string of the molecule is Cc1[nH]c2ccc(F)cc2c1CC(=O)NCC(c1ccccc1)N(C)C. The Balaban J connectivity index is 1.71. The van der Waals surface area contributed by atoms with E-state index in [4.69, 9.17) is 0 Å². The van der Waals surface area contributed by atoms with Crippen LogP contribution in [0.3, 0.4) is 0 Å². The summed E-state index contributed by atoms with van der Waals surface area (Å²) in [6, 6.07) is 14.8. The molecule has 0 saturated heterocycles. The van der Waals surface area contributed by atoms with E-state index in [1.165, 1.54) is 12.1 Å². The van der Waals surface area contributed by atoms with Crippen LogP contribution in [0.4, 0.5) is 4.39 Å². The fourth-order valence-electron chi connectivity index (χ4n) is 3.29. The number of hydrogen-bond donors (Lipinski definition) is 2. The van der Waals surface area contributed by atoms with Crippen LogP contribution in [0.5, 0.6) is 0 Å². The lowest BCUT2D eigenvalue weighted by Crippen LogP contribution is -2.35. The number of carbonyl (C=O) groups excluding carboxylic acids is 1. The number of aromatic nitrogens is 1. The Hall–Kier alpha value is -2.66. The Kier molecular flexibility index (Phi) is 5.38. The van der Waals surface area contributed by atoms with Gasteiger partial charge in [0.25, 0.3) is 0 Å². The molecule has 2 N–H and O–H groups in total. The van der Waals surface area contributed by atoms with Crippen LogP contribution in [0.1, 0.15) is 22.9 Å². The maximum atomic E-state index is 13.6. The first-order valence-corrected chi connectivity index (χ1v) is 8.70. The monoisotopic (exact) mass is 353 g/mol. The third-order valence-electron chi connectivity index (χ3n) is 4.72. The van der Waals surface area contributed by atoms with Crippen molar-refractivity contribution < 1.29 is 9.18 Å². The molecule has 26 heavy (non-hydrogen) atoms. The number of H-pyrrole nitrogens is 1. The van der Waals surface area contributed by atoms with Crippen molar-refractivity contribution in [2.24, 2.45) is 0 Å². The average molecular weight is 353 g/mol. The number of aryl methyl sites for hydroxylation is 1. The molecule has 136 valence electrons. The highest BCUT2D eigenvalue weighted by atomic mass is 19.1. The van der Waals surface area contributed by atoms with Gasteiger partial charge in [0.15, 0.2) is 0 Å². The topological polar surface area (TPSA) is 48.1 Å². The first-order valence-electron chi connectivity index (χ1n) is 8.70. The summed E-state index contributed by atoms with van der Waals surface area (Å²) < 4.78 is 13.6. The van der Waals surface area contributed by atoms with Gasteiger partial charge in [0.1, 0.15) is 5.82 Å². The largest absolute Gasteiger partial charge is 0.358 e. The molecule has 1 heterocycles. The summed E-state index contributed by atoms with van der Waals surface area (Å²) in [6.45, 7) is 2.43. The molecule has 0 fully saturated rings. The Labute approximate surface area is 153 Å². The van der Waals surface area contributed by atoms with Gasteiger partial charge >= 0.3 is 0 Å². The van der Waals surface area contributed by atoms with Gasteiger partial charge in [-0.2, -0.15) is 0 Å². The predicted octanol–water partition coefficient (Wildman–Crippen LogP) is 3.58. The second-order valence-electron chi connectivity index (χ2n) is 6.79. The van der Waals surface area contributed by atoms with Crippen molar-refractivity contribution >= 4 is 16.8 Å². The molecule has 4 nitrogen and oxygen atoms in total. The molecule has 3 aromatic rings. The molecule has 0 saturated carbocycles. The second-order valence-corrected chi connectivity index (χ2v) is 6.79. The molecule has 1 aromatic heterocycles. The van der Waals surface area contributed by atoms with Crippen molar-refractivity contribution in [2.45, 2.75) is 19.4 Å². The van der Waals surface area contributed by atoms with E-state index in [1.807, 2.05) is 39.2 Å². The average Bonchev–Trinajstić information content (AvgIpc) is 2.91. The molecule has 5 heteroatoms. The van der Waals surface area contributed by atoms with Crippen molar-refractivity contribution in [3.63, 3.8) is 0 Å². The van der Waals surface area contributed by atoms with Crippen LogP contribution < -0.4 is 5.32 Å². The Morgan fingerprint density at radius 2 is 1.92 bits per heavy atom. The standard InChI is InChI=1S/C21H24FN3O/c1-14-17(18-11-16(22)9-10-19(18)24-14)12-21(26)23-13-20(25(2)3)15-7-5-4-6-8-15/h4-11,20,24H,12-13H2,1-3H3,(H,23,26). The molecule has 0 aliphatic rings. The second kappa shape index (κ2) is 7.70. The highest BCUT2D eigenvalue weighted by Crippen LogP contribution is 2.23. The third-order valence-corrected chi connectivity index (χ3v) is 4.72. The molecule has 0 spiro atoms. The number of likely N-dealkylation sites (N-methyl/N-ethyl adjacent to an activating group) is 1. The summed E-state index contributed by atoms with van der Waals surface area (Å²) in [4.78, 5) is 17.8. The van der Waals surface area contributed by atoms with Gasteiger partial charge in [-0.25, -0.2) is 4.39 Å². The van der Waals surface area contributed by atoms with Gasteiger partial charge in [-0.1, -0.05) is 30.3 Å². The number of aromatic amines is 1. The van der Waals surface area contributed by atoms with Gasteiger partial charge in [-0.3, -0.25) is 4.79 Å². The number of fused-ring (bicyclic) bond motifs is 1. The molecular formula is C21H24FN3O. The highest BCUT2D eigenvalue weighted by molar-refractivity contribution is 5.90. The summed E-state index contributed by atoms with van der Waals surface area (Å²) >= 11 is 0. The molecule has 0 aliphatic heterocycles. The number of carbonyl (C=O) groups is 1. The quantitative estimate of drug-likeness (QED) is 0.712. The van der Waals surface area contributed by atoms with Crippen LogP contribution in [0.2, 0.25) is 0 Å². The van der Waals surface area contributed by atoms with Gasteiger partial charge in [0, 0.05) is 23.1 Å². The van der Waals surface area contributed by atoms with Crippen LogP contribution in [-0.2, 0) is 11.2 Å². The molecule has 1 amide bonds. The molecule has 3 rings (SSSR count). The summed E-state index contributed by atoms with van der Waals surface area (Å²) in [5.41, 5.74) is 3.75. The number of amides is 1. The zero-order chi connectivity index (χ0) is 18.7. The van der Waals surface area contributed by atoms with Crippen molar-refractivity contribution in [1.82, 2.24) is 15.2 Å². The summed E-state index contributed by atoms with van der Waals surface area (Å²) in [6.07, 6.45) is 0.226. The number of nitrogens with zero attached hydrogens (tertiary/aromatic N) is 1. The van der Waals surface area contributed by atoms with Gasteiger partial charge in [0.2, 0.25) is 5.91 Å². The van der Waals surface area contributed by atoms with Crippen molar-refractivity contribution in [1.29, 1.82) is 0 Å². The number of halogens is 1. The lowest BCUT2D eigenvalue weighted by atomic mass is 10.1. The first kappa shape index (κ1) is 18.1. The molecule has 2 aromatic carbocycles. The van der Waals surface area contributed by atoms with Gasteiger partial charge in [-0.05, 0) is 50.3 Å². The number of rotatable bonds is 6. The maximum absolute atomic E-state index is 13.6. The zero-order valence-corrected chi connectivity index (χ0v) is 15.3. The van der Waals surface area contributed by atoms with Crippen LogP contribution in [-0.4, -0.2) is 36.4 Å². The normalized spacial score (nSPS) is 12.5. The Morgan fingerprint density at radius 1 is 1.19 bits per heavy atom. The van der Waals surface area contributed by atoms with Gasteiger partial charge in [0.05, 0.1) is 12.5 Å². The first-order chi connectivity index (χ1) is 12.5. The maximum Gasteiger partial charge on any atom is 0.224 e. The van der Waals surface area contributed by atoms with Crippen molar-refractivity contribution in [3.05, 3.63) is 71.2 Å². The lowest BCUT2D eigenvalue weighted by molar-refractivity contribution is -0.120. The summed E-state index contributed by atoms with van der Waals surface area (Å²) in [5, 5.41) is 3.79. The van der Waals surface area contributed by atoms with E-state index in [1.54, 1.807) is 6.07 Å². The van der Waals surface area contributed by atoms with E-state index in [9.17, 15) is 9.18 Å². The smallest absolute Gasteiger partial charge is 0.224 e. The minimum Gasteiger partial charge on any atom is -0.358 e. The fourth-order valence-corrected chi connectivity index (χ4v) is 3.29. The van der Waals surface area contributed by atoms with Gasteiger partial charge < -0.3 is 15.2 Å². The van der Waals surface area contributed by atoms with E-state index < -0.39 is 0 Å². The fraction of sp³-hybridized carbons (Fsp3) is 0.286. The van der Waals surface area contributed by atoms with Crippen LogP contribution in [0.25, 0.3) is 10.9 Å². The molecule has 1 unspecified atom stereocenters. The summed E-state index contributed by atoms with van der Waals surface area (Å²) in [7, 11) is 3.99. The van der Waals surface area contributed by atoms with E-state index >= 15 is 0 Å². The van der Waals surface area contributed by atoms with Crippen molar-refractivity contribution in [3.8, 4) is 0 Å². The van der Waals surface area contributed by atoms with E-state index in [-0.39, 0.29) is 24.2 Å². The Bertz CT molecular complexity index is 902. The molecule has 0 radical (unpaired) electrons. The highest BCUT2D eigenvalue weighted by Gasteiger charge is 2.17. The van der Waals surface area contributed by atoms with Crippen LogP contribution >= 0.6 is 0 Å². The Morgan fingerprint density at radius 3 is 2.62 bits per heavy atom. The number of nitrogens with one attached hydrogen (secondary N) is 2. The molecule has 1 atom stereocenters. The minimum atomic E-state index is -0.296. The third kappa shape index (κ3) is 3.94. The molecular weight excluding hydrogens is 329 g/mol. The van der Waals surface area contributed by atoms with E-state index in [0.717, 1.165) is 27.7 Å². The van der Waals surface area contributed by atoms with E-state index in [2.05, 4.69) is 27.3 Å². The minimum absolute atomic E-state index is 0.0685. The van der Waals surface area contributed by atoms with Gasteiger partial charge in [-0.15, -0.1) is 0 Å².